The topological polar surface area (TPSA) is 457 Å². The van der Waals surface area contributed by atoms with E-state index in [4.69, 9.17) is 66.3 Å². The first-order valence-electron chi connectivity index (χ1n) is 24.6. The van der Waals surface area contributed by atoms with Crippen LogP contribution in [0.2, 0.25) is 0 Å². The summed E-state index contributed by atoms with van der Waals surface area (Å²) in [6.45, 7) is -5.12. The minimum absolute atomic E-state index is 0.0877. The van der Waals surface area contributed by atoms with Crippen molar-refractivity contribution in [2.75, 3.05) is 102 Å². The largest absolute Gasteiger partial charge is 0.479 e. The van der Waals surface area contributed by atoms with Crippen molar-refractivity contribution in [3.05, 3.63) is 0 Å². The molecule has 0 bridgehead atoms. The summed E-state index contributed by atoms with van der Waals surface area (Å²) in [7, 11) is 5.75. The summed E-state index contributed by atoms with van der Waals surface area (Å²) < 4.78 is 75.5. The Morgan fingerprint density at radius 2 is 0.688 bits per heavy atom. The van der Waals surface area contributed by atoms with E-state index in [9.17, 15) is 85.3 Å². The predicted octanol–water partition coefficient (Wildman–Crippen LogP) is -8.05. The lowest BCUT2D eigenvalue weighted by Crippen LogP contribution is -2.61. The zero-order valence-corrected chi connectivity index (χ0v) is 42.8. The Morgan fingerprint density at radius 3 is 0.987 bits per heavy atom. The number of rotatable bonds is 24. The van der Waals surface area contributed by atoms with Gasteiger partial charge in [-0.05, 0) is 0 Å². The van der Waals surface area contributed by atoms with E-state index in [0.717, 1.165) is 21.3 Å². The van der Waals surface area contributed by atoms with Crippen molar-refractivity contribution >= 4 is 29.8 Å². The second-order valence-corrected chi connectivity index (χ2v) is 19.4. The lowest BCUT2D eigenvalue weighted by atomic mass is 9.86. The number of aliphatic hydroxyl groups excluding tert-OH is 10. The van der Waals surface area contributed by atoms with Gasteiger partial charge in [0.05, 0.1) is 130 Å². The van der Waals surface area contributed by atoms with Crippen molar-refractivity contribution in [3.8, 4) is 0 Å². The molecule has 0 spiro atoms. The van der Waals surface area contributed by atoms with Crippen LogP contribution in [-0.4, -0.2) is 315 Å². The minimum atomic E-state index is -1.83. The van der Waals surface area contributed by atoms with Crippen molar-refractivity contribution in [2.45, 2.75) is 129 Å². The average Bonchev–Trinajstić information content (AvgIpc) is 3.40. The molecule has 5 heterocycles. The van der Waals surface area contributed by atoms with Crippen LogP contribution in [0.3, 0.4) is 0 Å². The summed E-state index contributed by atoms with van der Waals surface area (Å²) in [5, 5.41) is 130. The van der Waals surface area contributed by atoms with Gasteiger partial charge < -0.3 is 128 Å². The predicted molar refractivity (Wildman–Crippen MR) is 244 cm³/mol. The van der Waals surface area contributed by atoms with Gasteiger partial charge in [-0.15, -0.1) is 0 Å². The molecule has 77 heavy (non-hydrogen) atoms. The van der Waals surface area contributed by atoms with Gasteiger partial charge in [0.1, 0.15) is 48.8 Å². The Hall–Kier alpha value is -3.49. The Bertz CT molecular complexity index is 1880. The third-order valence-corrected chi connectivity index (χ3v) is 14.6. The summed E-state index contributed by atoms with van der Waals surface area (Å²) in [6, 6.07) is 0. The van der Waals surface area contributed by atoms with Crippen LogP contribution in [0.1, 0.15) is 6.42 Å². The average molecular weight is 1120 g/mol. The monoisotopic (exact) mass is 1120 g/mol. The highest BCUT2D eigenvalue weighted by atomic mass is 16.6. The molecule has 0 saturated carbocycles. The number of hydrogen-bond acceptors (Lipinski definition) is 29. The first-order chi connectivity index (χ1) is 36.6. The molecule has 5 saturated heterocycles. The normalized spacial score (nSPS) is 41.8. The molecule has 0 aromatic carbocycles. The Labute approximate surface area is 440 Å². The van der Waals surface area contributed by atoms with Crippen molar-refractivity contribution in [1.29, 1.82) is 0 Å². The SMILES string of the molecule is COC[C@H]1C(C(=O)OC)O[C@H](COC[C@H]2C(C(=O)O)O[C@H](COC[C@H]3C(C(=O)OC)O[C@H](COC[C@H]4C(C(=O)OC)O[C@H](COC[C@H]5C(C(=O)O)OCC(OC)CC(O)C5O)C(O)C4O)C(O)C3O)C(O)C2O)C(O)C1O. The maximum atomic E-state index is 13.0. The molecule has 25 atom stereocenters. The third-order valence-electron chi connectivity index (χ3n) is 14.6. The fourth-order valence-electron chi connectivity index (χ4n) is 10.0. The van der Waals surface area contributed by atoms with Gasteiger partial charge in [0.2, 0.25) is 0 Å². The Kier molecular flexibility index (Phi) is 24.9. The summed E-state index contributed by atoms with van der Waals surface area (Å²) in [5.74, 6) is -12.5. The third kappa shape index (κ3) is 15.5. The second-order valence-electron chi connectivity index (χ2n) is 19.4. The molecule has 0 radical (unpaired) electrons. The van der Waals surface area contributed by atoms with Gasteiger partial charge in [0, 0.05) is 50.2 Å². The summed E-state index contributed by atoms with van der Waals surface area (Å²) in [4.78, 5) is 62.8. The second kappa shape index (κ2) is 29.8. The van der Waals surface area contributed by atoms with Gasteiger partial charge >= 0.3 is 29.8 Å². The Morgan fingerprint density at radius 1 is 0.390 bits per heavy atom. The van der Waals surface area contributed by atoms with Gasteiger partial charge in [0.25, 0.3) is 0 Å². The van der Waals surface area contributed by atoms with Crippen LogP contribution in [0.5, 0.6) is 0 Å². The van der Waals surface area contributed by atoms with Crippen LogP contribution < -0.4 is 0 Å². The quantitative estimate of drug-likeness (QED) is 0.0315. The van der Waals surface area contributed by atoms with Crippen molar-refractivity contribution in [1.82, 2.24) is 0 Å². The van der Waals surface area contributed by atoms with Gasteiger partial charge in [-0.3, -0.25) is 0 Å². The number of ether oxygens (including phenoxy) is 14. The molecule has 31 heteroatoms. The standard InChI is InChI=1S/C46H74O31/c1-64-8-18-29(49)34(54)25(75-39(18)44(61)66-3)15-70-10-20-30(50)33(53)24(74-38(20)43(59)60)13-71-11-21-31(51)36(56)27(77-40(21)45(62)67-4)16-72-12-22-32(52)35(55)26(76-41(22)46(63)68-5)14-69-9-19-28(48)23(47)6-17(65-2)7-73-37(19)42(57)58/h17-41,47-56H,6-16H2,1-5H3,(H,57,58)(H,59,60)/t17?,18-,19-,20-,21-,22-,23?,24-,25-,26-,27-,28?,29?,30?,31?,32?,33?,34?,35?,36?,37?,38?,39?,40?,41?/m1/s1. The molecule has 16 unspecified atom stereocenters. The maximum Gasteiger partial charge on any atom is 0.335 e. The summed E-state index contributed by atoms with van der Waals surface area (Å²) >= 11 is 0. The van der Waals surface area contributed by atoms with Crippen LogP contribution in [0.4, 0.5) is 0 Å². The highest BCUT2D eigenvalue weighted by Gasteiger charge is 2.53. The molecule has 12 N–H and O–H groups in total. The fraction of sp³-hybridized carbons (Fsp3) is 0.891. The van der Waals surface area contributed by atoms with Crippen LogP contribution in [0.15, 0.2) is 0 Å². The van der Waals surface area contributed by atoms with Crippen molar-refractivity contribution in [3.63, 3.8) is 0 Å². The minimum Gasteiger partial charge on any atom is -0.479 e. The molecule has 5 aliphatic heterocycles. The molecule has 0 aromatic heterocycles. The summed E-state index contributed by atoms with van der Waals surface area (Å²) in [6.07, 6.45) is -31.8. The van der Waals surface area contributed by atoms with Gasteiger partial charge in [-0.25, -0.2) is 24.0 Å². The first kappa shape index (κ1) is 64.3. The lowest BCUT2D eigenvalue weighted by molar-refractivity contribution is -0.248. The number of carboxylic acids is 2. The first-order valence-corrected chi connectivity index (χ1v) is 24.6. The van der Waals surface area contributed by atoms with E-state index >= 15 is 0 Å². The number of carbonyl (C=O) groups is 5. The molecular weight excluding hydrogens is 1050 g/mol. The van der Waals surface area contributed by atoms with E-state index in [-0.39, 0.29) is 19.6 Å². The summed E-state index contributed by atoms with van der Waals surface area (Å²) in [5.41, 5.74) is 0. The lowest BCUT2D eigenvalue weighted by Gasteiger charge is -2.43. The molecule has 444 valence electrons. The number of aliphatic hydroxyl groups is 10. The maximum absolute atomic E-state index is 13.0. The van der Waals surface area contributed by atoms with E-state index in [1.54, 1.807) is 0 Å². The molecular formula is C46H74O31. The number of aliphatic carboxylic acids is 2. The van der Waals surface area contributed by atoms with E-state index < -0.39 is 234 Å². The van der Waals surface area contributed by atoms with Gasteiger partial charge in [0.15, 0.2) is 30.5 Å². The van der Waals surface area contributed by atoms with E-state index in [0.29, 0.717) is 0 Å². The van der Waals surface area contributed by atoms with Crippen LogP contribution >= 0.6 is 0 Å². The molecule has 5 aliphatic rings. The van der Waals surface area contributed by atoms with Crippen LogP contribution in [-0.2, 0) is 90.3 Å². The zero-order chi connectivity index (χ0) is 57.0. The zero-order valence-electron chi connectivity index (χ0n) is 42.8. The number of hydrogen-bond donors (Lipinski definition) is 12. The molecule has 5 fully saturated rings. The van der Waals surface area contributed by atoms with Crippen LogP contribution in [0.25, 0.3) is 0 Å². The molecule has 0 aromatic rings. The molecule has 5 rings (SSSR count). The van der Waals surface area contributed by atoms with Crippen LogP contribution in [0, 0.1) is 29.6 Å². The molecule has 0 aliphatic carbocycles. The smallest absolute Gasteiger partial charge is 0.335 e. The molecule has 31 nitrogen and oxygen atoms in total. The van der Waals surface area contributed by atoms with Gasteiger partial charge in [-0.2, -0.15) is 0 Å². The highest BCUT2D eigenvalue weighted by Crippen LogP contribution is 2.34. The Balaban J connectivity index is 1.14. The van der Waals surface area contributed by atoms with Gasteiger partial charge in [-0.1, -0.05) is 0 Å². The van der Waals surface area contributed by atoms with E-state index in [1.807, 2.05) is 0 Å². The number of esters is 3. The number of carbonyl (C=O) groups excluding carboxylic acids is 3. The van der Waals surface area contributed by atoms with E-state index in [1.165, 1.54) is 14.2 Å². The highest BCUT2D eigenvalue weighted by molar-refractivity contribution is 5.76. The number of methoxy groups -OCH3 is 5. The van der Waals surface area contributed by atoms with Crippen molar-refractivity contribution < 1.29 is 152 Å². The number of carboxylic acid groups (broad SMARTS) is 2. The van der Waals surface area contributed by atoms with E-state index in [2.05, 4.69) is 0 Å². The van der Waals surface area contributed by atoms with Crippen molar-refractivity contribution in [2.24, 2.45) is 29.6 Å². The molecule has 0 amide bonds. The fourth-order valence-corrected chi connectivity index (χ4v) is 10.0.